The molecule has 0 saturated carbocycles. The van der Waals surface area contributed by atoms with Gasteiger partial charge < -0.3 is 9.47 Å². The van der Waals surface area contributed by atoms with E-state index in [-0.39, 0.29) is 29.2 Å². The van der Waals surface area contributed by atoms with Crippen LogP contribution >= 0.6 is 0 Å². The molecule has 0 bridgehead atoms. The summed E-state index contributed by atoms with van der Waals surface area (Å²) in [6, 6.07) is 14.9. The summed E-state index contributed by atoms with van der Waals surface area (Å²) in [7, 11) is 5.42. The Morgan fingerprint density at radius 1 is 0.871 bits per heavy atom. The van der Waals surface area contributed by atoms with Crippen molar-refractivity contribution in [3.63, 3.8) is 0 Å². The van der Waals surface area contributed by atoms with E-state index in [0.717, 1.165) is 5.56 Å². The standard InChI is InChI=1S/C25H20BF3O2/c1-2-23-30-13-19(14-31-23)20-9-7-17(11-22(20)27)15-3-5-16(6-4-15)21-10-8-18(12-26)24(28)25(21)29/h2-11,19,23H,1,12-14H2. The fraction of sp³-hybridized carbons (Fsp3) is 0.200. The molecule has 4 rings (SSSR count). The van der Waals surface area contributed by atoms with Crippen molar-refractivity contribution in [3.05, 3.63) is 95.8 Å². The average molecular weight is 420 g/mol. The molecule has 0 spiro atoms. The van der Waals surface area contributed by atoms with Gasteiger partial charge in [-0.05, 0) is 40.0 Å². The molecule has 0 unspecified atom stereocenters. The van der Waals surface area contributed by atoms with Crippen molar-refractivity contribution in [1.29, 1.82) is 0 Å². The first-order valence-electron chi connectivity index (χ1n) is 9.94. The van der Waals surface area contributed by atoms with E-state index in [0.29, 0.717) is 29.9 Å². The SMILES string of the molecule is [B]Cc1ccc(-c2ccc(-c3ccc(C4COC(C=C)OC4)c(F)c3)cc2)c(F)c1F. The minimum atomic E-state index is -0.934. The third-order valence-corrected chi connectivity index (χ3v) is 5.47. The van der Waals surface area contributed by atoms with Crippen molar-refractivity contribution in [2.45, 2.75) is 18.5 Å². The predicted molar refractivity (Wildman–Crippen MR) is 115 cm³/mol. The lowest BCUT2D eigenvalue weighted by molar-refractivity contribution is -0.159. The molecule has 2 radical (unpaired) electrons. The lowest BCUT2D eigenvalue weighted by atomic mass is 9.93. The molecule has 3 aromatic carbocycles. The Morgan fingerprint density at radius 3 is 2.13 bits per heavy atom. The second kappa shape index (κ2) is 9.12. The van der Waals surface area contributed by atoms with Gasteiger partial charge in [0.05, 0.1) is 21.1 Å². The first kappa shape index (κ1) is 21.4. The first-order valence-corrected chi connectivity index (χ1v) is 9.94. The maximum Gasteiger partial charge on any atom is 0.176 e. The van der Waals surface area contributed by atoms with Crippen LogP contribution in [0.4, 0.5) is 13.2 Å². The van der Waals surface area contributed by atoms with E-state index in [1.54, 1.807) is 36.4 Å². The summed E-state index contributed by atoms with van der Waals surface area (Å²) in [5.41, 5.74) is 2.77. The van der Waals surface area contributed by atoms with E-state index in [9.17, 15) is 13.2 Å². The van der Waals surface area contributed by atoms with Crippen LogP contribution in [0.3, 0.4) is 0 Å². The molecular formula is C25H20BF3O2. The van der Waals surface area contributed by atoms with Crippen molar-refractivity contribution in [2.24, 2.45) is 0 Å². The number of rotatable bonds is 5. The van der Waals surface area contributed by atoms with Crippen molar-refractivity contribution in [3.8, 4) is 22.3 Å². The maximum atomic E-state index is 14.8. The number of halogens is 3. The Morgan fingerprint density at radius 2 is 1.52 bits per heavy atom. The molecule has 0 aromatic heterocycles. The molecule has 1 saturated heterocycles. The molecule has 1 heterocycles. The van der Waals surface area contributed by atoms with Gasteiger partial charge in [-0.1, -0.05) is 61.4 Å². The predicted octanol–water partition coefficient (Wildman–Crippen LogP) is 5.75. The zero-order chi connectivity index (χ0) is 22.0. The smallest absolute Gasteiger partial charge is 0.176 e. The highest BCUT2D eigenvalue weighted by Crippen LogP contribution is 2.31. The normalized spacial score (nSPS) is 18.7. The molecule has 156 valence electrons. The molecule has 0 aliphatic carbocycles. The van der Waals surface area contributed by atoms with Gasteiger partial charge in [0.2, 0.25) is 0 Å². The Bertz CT molecular complexity index is 1090. The quantitative estimate of drug-likeness (QED) is 0.387. The van der Waals surface area contributed by atoms with Crippen LogP contribution in [0.25, 0.3) is 22.3 Å². The molecule has 6 heteroatoms. The largest absolute Gasteiger partial charge is 0.348 e. The first-order chi connectivity index (χ1) is 15.0. The van der Waals surface area contributed by atoms with Gasteiger partial charge in [0, 0.05) is 11.5 Å². The fourth-order valence-electron chi connectivity index (χ4n) is 3.68. The Hall–Kier alpha value is -2.83. The summed E-state index contributed by atoms with van der Waals surface area (Å²) in [6.45, 7) is 4.33. The molecular weight excluding hydrogens is 400 g/mol. The Balaban J connectivity index is 1.55. The van der Waals surface area contributed by atoms with Gasteiger partial charge >= 0.3 is 0 Å². The number of ether oxygens (including phenoxy) is 2. The van der Waals surface area contributed by atoms with Crippen molar-refractivity contribution < 1.29 is 22.6 Å². The van der Waals surface area contributed by atoms with Gasteiger partial charge in [0.1, 0.15) is 5.82 Å². The summed E-state index contributed by atoms with van der Waals surface area (Å²) < 4.78 is 54.2. The molecule has 0 N–H and O–H groups in total. The number of hydrogen-bond donors (Lipinski definition) is 0. The third-order valence-electron chi connectivity index (χ3n) is 5.47. The molecule has 0 atom stereocenters. The second-order valence-corrected chi connectivity index (χ2v) is 7.39. The molecule has 1 aliphatic heterocycles. The van der Waals surface area contributed by atoms with E-state index in [1.165, 1.54) is 18.2 Å². The molecule has 0 amide bonds. The van der Waals surface area contributed by atoms with Crippen LogP contribution in [0.2, 0.25) is 0 Å². The van der Waals surface area contributed by atoms with Gasteiger partial charge in [-0.15, -0.1) is 0 Å². The molecule has 31 heavy (non-hydrogen) atoms. The van der Waals surface area contributed by atoms with Crippen LogP contribution in [0.5, 0.6) is 0 Å². The van der Waals surface area contributed by atoms with E-state index in [4.69, 9.17) is 17.3 Å². The third kappa shape index (κ3) is 4.32. The molecule has 1 aliphatic rings. The molecule has 1 fully saturated rings. The highest BCUT2D eigenvalue weighted by atomic mass is 19.2. The van der Waals surface area contributed by atoms with Gasteiger partial charge in [-0.3, -0.25) is 0 Å². The Kier molecular flexibility index (Phi) is 6.30. The van der Waals surface area contributed by atoms with Crippen molar-refractivity contribution in [2.75, 3.05) is 13.2 Å². The van der Waals surface area contributed by atoms with Gasteiger partial charge in [0.15, 0.2) is 17.9 Å². The molecule has 3 aromatic rings. The number of hydrogen-bond acceptors (Lipinski definition) is 2. The van der Waals surface area contributed by atoms with Crippen LogP contribution in [0.15, 0.2) is 67.3 Å². The summed E-state index contributed by atoms with van der Waals surface area (Å²) in [4.78, 5) is 0. The van der Waals surface area contributed by atoms with Crippen LogP contribution in [-0.2, 0) is 15.8 Å². The lowest BCUT2D eigenvalue weighted by Crippen LogP contribution is -2.29. The van der Waals surface area contributed by atoms with Crippen LogP contribution in [0.1, 0.15) is 17.0 Å². The summed E-state index contributed by atoms with van der Waals surface area (Å²) in [6.07, 6.45) is 1.03. The minimum absolute atomic E-state index is 0.0719. The highest BCUT2D eigenvalue weighted by molar-refractivity contribution is 6.08. The van der Waals surface area contributed by atoms with Crippen LogP contribution in [-0.4, -0.2) is 27.4 Å². The monoisotopic (exact) mass is 420 g/mol. The molecule has 2 nitrogen and oxygen atoms in total. The van der Waals surface area contributed by atoms with E-state index in [2.05, 4.69) is 6.58 Å². The second-order valence-electron chi connectivity index (χ2n) is 7.39. The van der Waals surface area contributed by atoms with Gasteiger partial charge in [-0.2, -0.15) is 0 Å². The zero-order valence-corrected chi connectivity index (χ0v) is 16.8. The summed E-state index contributed by atoms with van der Waals surface area (Å²) in [5, 5.41) is 0. The average Bonchev–Trinajstić information content (AvgIpc) is 2.81. The van der Waals surface area contributed by atoms with Crippen LogP contribution < -0.4 is 0 Å². The van der Waals surface area contributed by atoms with E-state index >= 15 is 0 Å². The van der Waals surface area contributed by atoms with Crippen molar-refractivity contribution >= 4 is 7.85 Å². The Labute approximate surface area is 180 Å². The minimum Gasteiger partial charge on any atom is -0.348 e. The summed E-state index contributed by atoms with van der Waals surface area (Å²) >= 11 is 0. The highest BCUT2D eigenvalue weighted by Gasteiger charge is 2.24. The summed E-state index contributed by atoms with van der Waals surface area (Å²) in [5.74, 6) is -2.40. The van der Waals surface area contributed by atoms with E-state index < -0.39 is 17.9 Å². The van der Waals surface area contributed by atoms with Gasteiger partial charge in [-0.25, -0.2) is 13.2 Å². The lowest BCUT2D eigenvalue weighted by Gasteiger charge is -2.28. The van der Waals surface area contributed by atoms with Gasteiger partial charge in [0.25, 0.3) is 0 Å². The van der Waals surface area contributed by atoms with E-state index in [1.807, 2.05) is 6.07 Å². The van der Waals surface area contributed by atoms with Crippen molar-refractivity contribution in [1.82, 2.24) is 0 Å². The maximum absolute atomic E-state index is 14.8. The van der Waals surface area contributed by atoms with Crippen LogP contribution in [0, 0.1) is 17.5 Å². The fourth-order valence-corrected chi connectivity index (χ4v) is 3.68. The topological polar surface area (TPSA) is 18.5 Å². The number of benzene rings is 3. The zero-order valence-electron chi connectivity index (χ0n) is 16.8.